The van der Waals surface area contributed by atoms with Crippen LogP contribution in [-0.2, 0) is 6.42 Å². The van der Waals surface area contributed by atoms with E-state index in [1.807, 2.05) is 31.2 Å². The molecule has 0 aliphatic carbocycles. The molecule has 3 N–H and O–H groups in total. The van der Waals surface area contributed by atoms with E-state index in [0.29, 0.717) is 11.3 Å². The van der Waals surface area contributed by atoms with Crippen molar-refractivity contribution < 1.29 is 4.79 Å². The minimum atomic E-state index is -0.212. The smallest absolute Gasteiger partial charge is 0.257 e. The van der Waals surface area contributed by atoms with Gasteiger partial charge in [0.25, 0.3) is 5.91 Å². The van der Waals surface area contributed by atoms with Gasteiger partial charge in [0, 0.05) is 11.9 Å². The lowest BCUT2D eigenvalue weighted by Crippen LogP contribution is -2.15. The van der Waals surface area contributed by atoms with Gasteiger partial charge in [0.2, 0.25) is 0 Å². The topological polar surface area (TPSA) is 68.0 Å². The first-order valence-corrected chi connectivity index (χ1v) is 5.81. The first-order valence-electron chi connectivity index (χ1n) is 5.81. The molecular formula is C14H15N3O. The van der Waals surface area contributed by atoms with Crippen molar-refractivity contribution >= 4 is 17.3 Å². The second kappa shape index (κ2) is 5.31. The van der Waals surface area contributed by atoms with Gasteiger partial charge in [-0.2, -0.15) is 0 Å². The van der Waals surface area contributed by atoms with Gasteiger partial charge in [-0.1, -0.05) is 25.1 Å². The molecule has 4 nitrogen and oxygen atoms in total. The predicted octanol–water partition coefficient (Wildman–Crippen LogP) is 2.48. The second-order valence-corrected chi connectivity index (χ2v) is 3.93. The number of para-hydroxylation sites is 1. The fourth-order valence-electron chi connectivity index (χ4n) is 1.75. The Morgan fingerprint density at radius 1 is 1.33 bits per heavy atom. The molecule has 0 saturated carbocycles. The average Bonchev–Trinajstić information content (AvgIpc) is 2.39. The standard InChI is InChI=1S/C14H15N3O/c1-2-10-5-3-4-6-13(10)17-14(18)11-7-8-16-9-12(11)15/h3-9H,2,15H2,1H3,(H,17,18). The summed E-state index contributed by atoms with van der Waals surface area (Å²) in [6.07, 6.45) is 3.89. The molecule has 18 heavy (non-hydrogen) atoms. The van der Waals surface area contributed by atoms with Crippen molar-refractivity contribution in [3.8, 4) is 0 Å². The average molecular weight is 241 g/mol. The largest absolute Gasteiger partial charge is 0.397 e. The van der Waals surface area contributed by atoms with Gasteiger partial charge in [0.1, 0.15) is 0 Å². The van der Waals surface area contributed by atoms with Gasteiger partial charge < -0.3 is 11.1 Å². The fraction of sp³-hybridized carbons (Fsp3) is 0.143. The molecule has 0 unspecified atom stereocenters. The fourth-order valence-corrected chi connectivity index (χ4v) is 1.75. The van der Waals surface area contributed by atoms with E-state index in [9.17, 15) is 4.79 Å². The number of rotatable bonds is 3. The zero-order chi connectivity index (χ0) is 13.0. The molecule has 0 radical (unpaired) electrons. The minimum absolute atomic E-state index is 0.212. The third-order valence-corrected chi connectivity index (χ3v) is 2.74. The van der Waals surface area contributed by atoms with Crippen molar-refractivity contribution in [3.05, 3.63) is 53.9 Å². The molecule has 2 aromatic rings. The number of aromatic nitrogens is 1. The van der Waals surface area contributed by atoms with Crippen LogP contribution in [0.3, 0.4) is 0 Å². The van der Waals surface area contributed by atoms with Gasteiger partial charge in [-0.25, -0.2) is 0 Å². The van der Waals surface area contributed by atoms with E-state index in [4.69, 9.17) is 5.73 Å². The molecule has 0 fully saturated rings. The highest BCUT2D eigenvalue weighted by Crippen LogP contribution is 2.18. The summed E-state index contributed by atoms with van der Waals surface area (Å²) < 4.78 is 0. The van der Waals surface area contributed by atoms with Crippen LogP contribution in [0, 0.1) is 0 Å². The van der Waals surface area contributed by atoms with Crippen molar-refractivity contribution in [3.63, 3.8) is 0 Å². The number of nitrogens with two attached hydrogens (primary N) is 1. The maximum absolute atomic E-state index is 12.1. The van der Waals surface area contributed by atoms with Crippen LogP contribution in [0.25, 0.3) is 0 Å². The van der Waals surface area contributed by atoms with Crippen molar-refractivity contribution in [2.24, 2.45) is 0 Å². The van der Waals surface area contributed by atoms with Crippen LogP contribution in [0.1, 0.15) is 22.8 Å². The van der Waals surface area contributed by atoms with Gasteiger partial charge >= 0.3 is 0 Å². The lowest BCUT2D eigenvalue weighted by Gasteiger charge is -2.10. The zero-order valence-electron chi connectivity index (χ0n) is 10.2. The third-order valence-electron chi connectivity index (χ3n) is 2.74. The Balaban J connectivity index is 2.24. The zero-order valence-corrected chi connectivity index (χ0v) is 10.2. The number of hydrogen-bond acceptors (Lipinski definition) is 3. The monoisotopic (exact) mass is 241 g/mol. The van der Waals surface area contributed by atoms with E-state index in [2.05, 4.69) is 10.3 Å². The van der Waals surface area contributed by atoms with E-state index in [-0.39, 0.29) is 5.91 Å². The summed E-state index contributed by atoms with van der Waals surface area (Å²) in [6.45, 7) is 2.05. The van der Waals surface area contributed by atoms with Gasteiger partial charge in [-0.05, 0) is 24.1 Å². The third kappa shape index (κ3) is 2.48. The molecule has 1 aromatic carbocycles. The number of carbonyl (C=O) groups is 1. The van der Waals surface area contributed by atoms with Crippen LogP contribution in [0.2, 0.25) is 0 Å². The van der Waals surface area contributed by atoms with E-state index >= 15 is 0 Å². The van der Waals surface area contributed by atoms with Crippen molar-refractivity contribution in [1.82, 2.24) is 4.98 Å². The number of amides is 1. The molecular weight excluding hydrogens is 226 g/mol. The molecule has 0 aliphatic rings. The molecule has 1 heterocycles. The van der Waals surface area contributed by atoms with Crippen molar-refractivity contribution in [1.29, 1.82) is 0 Å². The molecule has 2 rings (SSSR count). The van der Waals surface area contributed by atoms with Crippen LogP contribution >= 0.6 is 0 Å². The SMILES string of the molecule is CCc1ccccc1NC(=O)c1ccncc1N. The Morgan fingerprint density at radius 3 is 2.83 bits per heavy atom. The number of benzene rings is 1. The molecule has 0 aliphatic heterocycles. The highest BCUT2D eigenvalue weighted by atomic mass is 16.1. The number of nitrogens with zero attached hydrogens (tertiary/aromatic N) is 1. The summed E-state index contributed by atoms with van der Waals surface area (Å²) >= 11 is 0. The molecule has 0 atom stereocenters. The number of pyridine rings is 1. The summed E-state index contributed by atoms with van der Waals surface area (Å²) in [4.78, 5) is 15.9. The number of hydrogen-bond donors (Lipinski definition) is 2. The van der Waals surface area contributed by atoms with Gasteiger partial charge in [-0.15, -0.1) is 0 Å². The molecule has 1 amide bonds. The number of nitrogen functional groups attached to an aromatic ring is 1. The first kappa shape index (κ1) is 12.1. The van der Waals surface area contributed by atoms with Crippen LogP contribution in [-0.4, -0.2) is 10.9 Å². The van der Waals surface area contributed by atoms with Gasteiger partial charge in [0.15, 0.2) is 0 Å². The Hall–Kier alpha value is -2.36. The van der Waals surface area contributed by atoms with Crippen molar-refractivity contribution in [2.45, 2.75) is 13.3 Å². The van der Waals surface area contributed by atoms with E-state index in [1.54, 1.807) is 12.3 Å². The number of aryl methyl sites for hydroxylation is 1. The van der Waals surface area contributed by atoms with E-state index in [0.717, 1.165) is 17.7 Å². The Bertz CT molecular complexity index is 566. The van der Waals surface area contributed by atoms with Gasteiger partial charge in [-0.3, -0.25) is 9.78 Å². The van der Waals surface area contributed by atoms with E-state index < -0.39 is 0 Å². The Kier molecular flexibility index (Phi) is 3.57. The van der Waals surface area contributed by atoms with Crippen LogP contribution < -0.4 is 11.1 Å². The van der Waals surface area contributed by atoms with Crippen LogP contribution in [0.5, 0.6) is 0 Å². The molecule has 0 spiro atoms. The van der Waals surface area contributed by atoms with Gasteiger partial charge in [0.05, 0.1) is 17.4 Å². The molecule has 0 saturated heterocycles. The van der Waals surface area contributed by atoms with Crippen LogP contribution in [0.4, 0.5) is 11.4 Å². The number of carbonyl (C=O) groups excluding carboxylic acids is 1. The lowest BCUT2D eigenvalue weighted by molar-refractivity contribution is 0.102. The molecule has 4 heteroatoms. The lowest BCUT2D eigenvalue weighted by atomic mass is 10.1. The summed E-state index contributed by atoms with van der Waals surface area (Å²) in [6, 6.07) is 9.33. The summed E-state index contributed by atoms with van der Waals surface area (Å²) in [5.41, 5.74) is 8.46. The Labute approximate surface area is 106 Å². The summed E-state index contributed by atoms with van der Waals surface area (Å²) in [5, 5.41) is 2.87. The molecule has 92 valence electrons. The minimum Gasteiger partial charge on any atom is -0.397 e. The van der Waals surface area contributed by atoms with E-state index in [1.165, 1.54) is 6.20 Å². The maximum atomic E-state index is 12.1. The molecule has 1 aromatic heterocycles. The second-order valence-electron chi connectivity index (χ2n) is 3.93. The number of nitrogens with one attached hydrogen (secondary N) is 1. The Morgan fingerprint density at radius 2 is 2.11 bits per heavy atom. The quantitative estimate of drug-likeness (QED) is 0.867. The predicted molar refractivity (Wildman–Crippen MR) is 72.4 cm³/mol. The highest BCUT2D eigenvalue weighted by Gasteiger charge is 2.10. The normalized spacial score (nSPS) is 10.1. The van der Waals surface area contributed by atoms with Crippen LogP contribution in [0.15, 0.2) is 42.7 Å². The molecule has 0 bridgehead atoms. The summed E-state index contributed by atoms with van der Waals surface area (Å²) in [7, 11) is 0. The number of anilines is 2. The maximum Gasteiger partial charge on any atom is 0.257 e. The highest BCUT2D eigenvalue weighted by molar-refractivity contribution is 6.07. The first-order chi connectivity index (χ1) is 8.72. The van der Waals surface area contributed by atoms with Crippen molar-refractivity contribution in [2.75, 3.05) is 11.1 Å². The summed E-state index contributed by atoms with van der Waals surface area (Å²) in [5.74, 6) is -0.212.